The van der Waals surface area contributed by atoms with Crippen molar-refractivity contribution in [1.29, 1.82) is 0 Å². The molecule has 6 aliphatic carbocycles. The van der Waals surface area contributed by atoms with Crippen LogP contribution in [0, 0.1) is 16.2 Å². The Kier molecular flexibility index (Phi) is 22.4. The highest BCUT2D eigenvalue weighted by atomic mass is 14.3. The lowest BCUT2D eigenvalue weighted by Crippen LogP contribution is -2.10. The lowest BCUT2D eigenvalue weighted by Gasteiger charge is -2.22. The lowest BCUT2D eigenvalue weighted by atomic mass is 9.82. The van der Waals surface area contributed by atoms with Gasteiger partial charge in [0.15, 0.2) is 0 Å². The first kappa shape index (κ1) is 50.9. The number of benzene rings is 1. The summed E-state index contributed by atoms with van der Waals surface area (Å²) in [4.78, 5) is 0. The molecule has 0 heteroatoms. The summed E-state index contributed by atoms with van der Waals surface area (Å²) in [5, 5.41) is 0. The van der Waals surface area contributed by atoms with E-state index in [2.05, 4.69) is 168 Å². The largest absolute Gasteiger partial charge is 0.0798 e. The Bertz CT molecular complexity index is 1550. The molecule has 0 heterocycles. The zero-order chi connectivity index (χ0) is 41.9. The maximum atomic E-state index is 2.40. The van der Waals surface area contributed by atoms with Crippen LogP contribution in [0.3, 0.4) is 0 Å². The second-order valence-electron chi connectivity index (χ2n) is 17.8. The van der Waals surface area contributed by atoms with Crippen molar-refractivity contribution in [2.75, 3.05) is 0 Å². The molecule has 0 aromatic heterocycles. The molecule has 0 fully saturated rings. The minimum atomic E-state index is 0.293. The Morgan fingerprint density at radius 1 is 0.444 bits per heavy atom. The Balaban J connectivity index is 0.000000653. The molecule has 54 heavy (non-hydrogen) atoms. The molecule has 0 N–H and O–H groups in total. The van der Waals surface area contributed by atoms with Crippen molar-refractivity contribution < 1.29 is 0 Å². The van der Waals surface area contributed by atoms with Crippen LogP contribution in [0.5, 0.6) is 0 Å². The Morgan fingerprint density at radius 2 is 0.944 bits per heavy atom. The lowest BCUT2D eigenvalue weighted by molar-refractivity contribution is 0.493. The van der Waals surface area contributed by atoms with Gasteiger partial charge in [-0.3, -0.25) is 0 Å². The van der Waals surface area contributed by atoms with Gasteiger partial charge >= 0.3 is 0 Å². The molecule has 0 saturated carbocycles. The fourth-order valence-corrected chi connectivity index (χ4v) is 6.96. The van der Waals surface area contributed by atoms with Crippen molar-refractivity contribution >= 4 is 0 Å². The minimum Gasteiger partial charge on any atom is -0.0798 e. The van der Waals surface area contributed by atoms with Gasteiger partial charge < -0.3 is 0 Å². The second-order valence-corrected chi connectivity index (χ2v) is 17.8. The van der Waals surface area contributed by atoms with Gasteiger partial charge in [0.05, 0.1) is 0 Å². The van der Waals surface area contributed by atoms with Crippen molar-refractivity contribution in [1.82, 2.24) is 0 Å². The van der Waals surface area contributed by atoms with Gasteiger partial charge in [0.2, 0.25) is 0 Å². The summed E-state index contributed by atoms with van der Waals surface area (Å²) < 4.78 is 0. The van der Waals surface area contributed by atoms with E-state index in [0.717, 1.165) is 0 Å². The van der Waals surface area contributed by atoms with E-state index in [1.165, 1.54) is 55.2 Å². The van der Waals surface area contributed by atoms with Gasteiger partial charge in [-0.15, -0.1) is 0 Å². The van der Waals surface area contributed by atoms with Crippen molar-refractivity contribution in [3.8, 4) is 0 Å². The van der Waals surface area contributed by atoms with Crippen LogP contribution < -0.4 is 0 Å². The van der Waals surface area contributed by atoms with Gasteiger partial charge in [-0.1, -0.05) is 240 Å². The predicted molar refractivity (Wildman–Crippen MR) is 249 cm³/mol. The molecule has 302 valence electrons. The fraction of sp³-hybridized carbons (Fsp3) is 0.556. The number of rotatable bonds is 0. The number of hydrogen-bond acceptors (Lipinski definition) is 0. The Labute approximate surface area is 338 Å². The molecule has 1 aromatic carbocycles. The van der Waals surface area contributed by atoms with Crippen LogP contribution in [0.4, 0.5) is 0 Å². The van der Waals surface area contributed by atoms with E-state index < -0.39 is 0 Å². The molecule has 0 amide bonds. The number of hydrogen-bond donors (Lipinski definition) is 0. The molecule has 0 saturated heterocycles. The van der Waals surface area contributed by atoms with E-state index >= 15 is 0 Å². The predicted octanol–water partition coefficient (Wildman–Crippen LogP) is 17.9. The van der Waals surface area contributed by atoms with E-state index in [1.54, 1.807) is 39.0 Å². The molecule has 7 rings (SSSR count). The highest BCUT2D eigenvalue weighted by Gasteiger charge is 2.28. The van der Waals surface area contributed by atoms with Crippen LogP contribution in [-0.2, 0) is 5.41 Å². The average molecular weight is 735 g/mol. The highest BCUT2D eigenvalue weighted by molar-refractivity contribution is 5.55. The second kappa shape index (κ2) is 23.7. The topological polar surface area (TPSA) is 0 Å². The monoisotopic (exact) mass is 735 g/mol. The van der Waals surface area contributed by atoms with Crippen LogP contribution in [0.15, 0.2) is 135 Å². The number of allylic oxidation sites excluding steroid dienone is 18. The van der Waals surface area contributed by atoms with Gasteiger partial charge in [-0.25, -0.2) is 0 Å². The van der Waals surface area contributed by atoms with Crippen LogP contribution in [0.1, 0.15) is 183 Å². The summed E-state index contributed by atoms with van der Waals surface area (Å²) >= 11 is 0. The summed E-state index contributed by atoms with van der Waals surface area (Å²) in [5.74, 6) is 0. The molecule has 0 nitrogen and oxygen atoms in total. The van der Waals surface area contributed by atoms with Crippen molar-refractivity contribution in [2.24, 2.45) is 16.2 Å². The molecule has 0 aliphatic heterocycles. The Morgan fingerprint density at radius 3 is 1.43 bits per heavy atom. The van der Waals surface area contributed by atoms with Gasteiger partial charge in [-0.05, 0) is 99.2 Å². The first-order valence-electron chi connectivity index (χ1n) is 21.7. The quantitative estimate of drug-likeness (QED) is 0.249. The van der Waals surface area contributed by atoms with Crippen molar-refractivity contribution in [3.05, 3.63) is 141 Å². The standard InChI is InChI=1S/3C12H16.C10H14.4C2H6/c1-12(2,3)11-7-9-5-4-6-10(9)8-11;2*1-12(2,3)11-8-7-9-5-4-6-10(9)11;1-10(2,3)9-7-5-4-6-8-9;4*1-2/h4-5,7H,6,8H2,1-3H3;4,6,8H,5,7H2,1-3H3;4-5,8H,6-7H2,1-3H3;4-8H,1-3H3;4*1-2H3. The van der Waals surface area contributed by atoms with Gasteiger partial charge in [0.25, 0.3) is 0 Å². The minimum absolute atomic E-state index is 0.293. The van der Waals surface area contributed by atoms with Crippen molar-refractivity contribution in [3.63, 3.8) is 0 Å². The van der Waals surface area contributed by atoms with E-state index in [9.17, 15) is 0 Å². The maximum absolute atomic E-state index is 2.40. The summed E-state index contributed by atoms with van der Waals surface area (Å²) in [6, 6.07) is 10.6. The molecule has 1 aromatic rings. The Hall–Kier alpha value is -3.12. The SMILES string of the molecule is CC.CC.CC.CC.CC(C)(C)C1=CC2=C(CC=C2)C1.CC(C)(C)C1=CCC2=C1C=CC2.CC(C)(C)C1=CCC2=C1CC=C2.CC(C)(C)c1ccccc1. The van der Waals surface area contributed by atoms with Gasteiger partial charge in [0.1, 0.15) is 0 Å². The highest BCUT2D eigenvalue weighted by Crippen LogP contribution is 2.44. The molecular weight excluding hydrogens is 649 g/mol. The third kappa shape index (κ3) is 15.6. The van der Waals surface area contributed by atoms with Crippen LogP contribution in [0.25, 0.3) is 0 Å². The molecule has 0 spiro atoms. The summed E-state index contributed by atoms with van der Waals surface area (Å²) in [6.45, 7) is 43.3. The average Bonchev–Trinajstić information content (AvgIpc) is 3.96. The third-order valence-electron chi connectivity index (χ3n) is 9.77. The van der Waals surface area contributed by atoms with Gasteiger partial charge in [0, 0.05) is 0 Å². The van der Waals surface area contributed by atoms with E-state index in [1.807, 2.05) is 55.4 Å². The molecule has 0 bridgehead atoms. The van der Waals surface area contributed by atoms with E-state index in [0.29, 0.717) is 21.7 Å². The van der Waals surface area contributed by atoms with Crippen LogP contribution >= 0.6 is 0 Å². The zero-order valence-electron chi connectivity index (χ0n) is 39.3. The van der Waals surface area contributed by atoms with E-state index in [-0.39, 0.29) is 0 Å². The fourth-order valence-electron chi connectivity index (χ4n) is 6.96. The van der Waals surface area contributed by atoms with Crippen LogP contribution in [0.2, 0.25) is 0 Å². The molecular formula is C54H86. The summed E-state index contributed by atoms with van der Waals surface area (Å²) in [6.07, 6.45) is 27.9. The normalized spacial score (nSPS) is 17.1. The maximum Gasteiger partial charge on any atom is -0.00877 e. The molecule has 0 unspecified atom stereocenters. The van der Waals surface area contributed by atoms with Gasteiger partial charge in [-0.2, -0.15) is 0 Å². The molecule has 0 atom stereocenters. The first-order chi connectivity index (χ1) is 25.4. The third-order valence-corrected chi connectivity index (χ3v) is 9.77. The van der Waals surface area contributed by atoms with Crippen LogP contribution in [-0.4, -0.2) is 0 Å². The first-order valence-corrected chi connectivity index (χ1v) is 21.7. The smallest absolute Gasteiger partial charge is 0.00877 e. The van der Waals surface area contributed by atoms with E-state index in [4.69, 9.17) is 0 Å². The summed E-state index contributed by atoms with van der Waals surface area (Å²) in [7, 11) is 0. The molecule has 6 aliphatic rings. The molecule has 0 radical (unpaired) electrons. The zero-order valence-corrected chi connectivity index (χ0v) is 39.3. The van der Waals surface area contributed by atoms with Crippen molar-refractivity contribution in [2.45, 2.75) is 182 Å². The summed E-state index contributed by atoms with van der Waals surface area (Å²) in [5.41, 5.74) is 16.8.